The fourth-order valence-corrected chi connectivity index (χ4v) is 2.23. The van der Waals surface area contributed by atoms with Gasteiger partial charge in [0.25, 0.3) is 0 Å². The fourth-order valence-electron chi connectivity index (χ4n) is 1.32. The van der Waals surface area contributed by atoms with Crippen LogP contribution >= 0.6 is 23.4 Å². The second-order valence-electron chi connectivity index (χ2n) is 3.35. The predicted molar refractivity (Wildman–Crippen MR) is 64.8 cm³/mol. The Morgan fingerprint density at radius 3 is 2.71 bits per heavy atom. The van der Waals surface area contributed by atoms with Crippen LogP contribution in [-0.2, 0) is 6.18 Å². The van der Waals surface area contributed by atoms with Gasteiger partial charge < -0.3 is 5.32 Å². The Hall–Kier alpha value is -0.880. The van der Waals surface area contributed by atoms with E-state index in [9.17, 15) is 13.2 Å². The number of nitrogens with zero attached hydrogens (tertiary/aromatic N) is 1. The van der Waals surface area contributed by atoms with Crippen molar-refractivity contribution in [3.63, 3.8) is 0 Å². The Bertz CT molecular complexity index is 459. The Morgan fingerprint density at radius 2 is 2.12 bits per heavy atom. The molecule has 17 heavy (non-hydrogen) atoms. The lowest BCUT2D eigenvalue weighted by molar-refractivity contribution is -0.137. The second kappa shape index (κ2) is 4.78. The van der Waals surface area contributed by atoms with E-state index in [1.807, 2.05) is 0 Å². The van der Waals surface area contributed by atoms with E-state index in [0.29, 0.717) is 11.7 Å². The van der Waals surface area contributed by atoms with Gasteiger partial charge in [0.2, 0.25) is 0 Å². The third kappa shape index (κ3) is 3.07. The molecule has 0 bridgehead atoms. The van der Waals surface area contributed by atoms with Crippen molar-refractivity contribution in [3.05, 3.63) is 28.8 Å². The molecular formula is C10H8ClF3N2S. The molecule has 1 aromatic carbocycles. The van der Waals surface area contributed by atoms with E-state index in [-0.39, 0.29) is 10.7 Å². The van der Waals surface area contributed by atoms with Crippen molar-refractivity contribution in [2.75, 3.05) is 17.6 Å². The average molecular weight is 281 g/mol. The largest absolute Gasteiger partial charge is 0.416 e. The van der Waals surface area contributed by atoms with Crippen LogP contribution < -0.4 is 5.32 Å². The van der Waals surface area contributed by atoms with E-state index in [1.54, 1.807) is 0 Å². The van der Waals surface area contributed by atoms with Gasteiger partial charge in [-0.3, -0.25) is 4.99 Å². The summed E-state index contributed by atoms with van der Waals surface area (Å²) in [7, 11) is 0. The lowest BCUT2D eigenvalue weighted by Gasteiger charge is -2.11. The number of nitrogens with one attached hydrogen (secondary N) is 1. The van der Waals surface area contributed by atoms with Crippen LogP contribution in [0.25, 0.3) is 0 Å². The zero-order valence-corrected chi connectivity index (χ0v) is 10.1. The lowest BCUT2D eigenvalue weighted by atomic mass is 10.2. The van der Waals surface area contributed by atoms with Gasteiger partial charge in [0.15, 0.2) is 5.17 Å². The molecule has 1 aromatic rings. The van der Waals surface area contributed by atoms with Gasteiger partial charge in [-0.15, -0.1) is 0 Å². The molecule has 1 aliphatic rings. The number of benzene rings is 1. The van der Waals surface area contributed by atoms with Gasteiger partial charge in [0, 0.05) is 5.75 Å². The number of thioether (sulfide) groups is 1. The molecule has 0 amide bonds. The number of hydrogen-bond acceptors (Lipinski definition) is 3. The van der Waals surface area contributed by atoms with Gasteiger partial charge in [-0.05, 0) is 18.2 Å². The van der Waals surface area contributed by atoms with Crippen LogP contribution in [0.5, 0.6) is 0 Å². The van der Waals surface area contributed by atoms with Crippen LogP contribution in [0, 0.1) is 0 Å². The molecule has 1 heterocycles. The highest BCUT2D eigenvalue weighted by Gasteiger charge is 2.31. The summed E-state index contributed by atoms with van der Waals surface area (Å²) < 4.78 is 37.5. The molecule has 0 unspecified atom stereocenters. The third-order valence-electron chi connectivity index (χ3n) is 2.12. The van der Waals surface area contributed by atoms with Crippen LogP contribution in [0.2, 0.25) is 5.02 Å². The summed E-state index contributed by atoms with van der Waals surface area (Å²) in [5.41, 5.74) is -0.498. The smallest absolute Gasteiger partial charge is 0.334 e. The van der Waals surface area contributed by atoms with Crippen LogP contribution in [0.15, 0.2) is 23.2 Å². The van der Waals surface area contributed by atoms with Gasteiger partial charge >= 0.3 is 6.18 Å². The van der Waals surface area contributed by atoms with Gasteiger partial charge in [-0.1, -0.05) is 23.4 Å². The molecule has 1 aliphatic heterocycles. The maximum atomic E-state index is 12.5. The van der Waals surface area contributed by atoms with Gasteiger partial charge in [-0.25, -0.2) is 0 Å². The highest BCUT2D eigenvalue weighted by atomic mass is 35.5. The zero-order chi connectivity index (χ0) is 12.5. The van der Waals surface area contributed by atoms with E-state index in [2.05, 4.69) is 10.3 Å². The normalized spacial score (nSPS) is 15.9. The first-order valence-corrected chi connectivity index (χ1v) is 6.14. The van der Waals surface area contributed by atoms with Crippen LogP contribution in [0.4, 0.5) is 18.9 Å². The number of aliphatic imine (C=N–C) groups is 1. The van der Waals surface area contributed by atoms with E-state index in [4.69, 9.17) is 11.6 Å². The molecular weight excluding hydrogens is 273 g/mol. The minimum atomic E-state index is -4.37. The van der Waals surface area contributed by atoms with Crippen molar-refractivity contribution in [2.45, 2.75) is 6.18 Å². The topological polar surface area (TPSA) is 24.4 Å². The quantitative estimate of drug-likeness (QED) is 0.844. The molecule has 2 rings (SSSR count). The summed E-state index contributed by atoms with van der Waals surface area (Å²) in [5.74, 6) is 0.832. The minimum Gasteiger partial charge on any atom is -0.334 e. The van der Waals surface area contributed by atoms with E-state index in [1.165, 1.54) is 17.8 Å². The fraction of sp³-hybridized carbons (Fsp3) is 0.300. The first-order valence-electron chi connectivity index (χ1n) is 4.78. The Labute approximate surface area is 105 Å². The molecule has 0 fully saturated rings. The molecule has 1 N–H and O–H groups in total. The Balaban J connectivity index is 2.26. The average Bonchev–Trinajstić information content (AvgIpc) is 2.72. The summed E-state index contributed by atoms with van der Waals surface area (Å²) in [4.78, 5) is 4.09. The van der Waals surface area contributed by atoms with E-state index < -0.39 is 11.7 Å². The van der Waals surface area contributed by atoms with Crippen LogP contribution in [0.3, 0.4) is 0 Å². The molecule has 0 spiro atoms. The Kier molecular flexibility index (Phi) is 3.53. The highest BCUT2D eigenvalue weighted by Crippen LogP contribution is 2.34. The molecule has 7 heteroatoms. The lowest BCUT2D eigenvalue weighted by Crippen LogP contribution is -2.09. The minimum absolute atomic E-state index is 0.231. The molecule has 0 atom stereocenters. The summed E-state index contributed by atoms with van der Waals surface area (Å²) in [5, 5.41) is 3.65. The summed E-state index contributed by atoms with van der Waals surface area (Å²) in [6.07, 6.45) is -4.37. The molecule has 0 aliphatic carbocycles. The number of rotatable bonds is 1. The van der Waals surface area contributed by atoms with Gasteiger partial charge in [0.05, 0.1) is 22.8 Å². The van der Waals surface area contributed by atoms with Gasteiger partial charge in [0.1, 0.15) is 0 Å². The third-order valence-corrected chi connectivity index (χ3v) is 3.34. The summed E-state index contributed by atoms with van der Waals surface area (Å²) >= 11 is 7.29. The van der Waals surface area contributed by atoms with Gasteiger partial charge in [-0.2, -0.15) is 13.2 Å². The second-order valence-corrected chi connectivity index (χ2v) is 4.84. The number of halogens is 4. The summed E-state index contributed by atoms with van der Waals surface area (Å²) in [6.45, 7) is 0.670. The molecule has 0 saturated heterocycles. The monoisotopic (exact) mass is 280 g/mol. The molecule has 2 nitrogen and oxygen atoms in total. The zero-order valence-electron chi connectivity index (χ0n) is 8.51. The first kappa shape index (κ1) is 12.6. The predicted octanol–water partition coefficient (Wildman–Crippen LogP) is 3.87. The number of anilines is 1. The highest BCUT2D eigenvalue weighted by molar-refractivity contribution is 8.14. The van der Waals surface area contributed by atoms with Crippen molar-refractivity contribution in [2.24, 2.45) is 4.99 Å². The van der Waals surface area contributed by atoms with Crippen molar-refractivity contribution >= 4 is 34.2 Å². The van der Waals surface area contributed by atoms with Crippen LogP contribution in [0.1, 0.15) is 5.56 Å². The molecule has 92 valence electrons. The number of alkyl halides is 3. The van der Waals surface area contributed by atoms with Crippen molar-refractivity contribution in [1.29, 1.82) is 0 Å². The van der Waals surface area contributed by atoms with Crippen LogP contribution in [-0.4, -0.2) is 17.5 Å². The molecule has 0 aromatic heterocycles. The first-order chi connectivity index (χ1) is 7.97. The standard InChI is InChI=1S/C10H8ClF3N2S/c11-7-2-1-6(10(12,13)14)5-8(7)16-9-15-3-4-17-9/h1-2,5H,3-4H2,(H,15,16). The van der Waals surface area contributed by atoms with Crippen molar-refractivity contribution in [1.82, 2.24) is 0 Å². The molecule has 0 saturated carbocycles. The molecule has 0 radical (unpaired) electrons. The SMILES string of the molecule is FC(F)(F)c1ccc(Cl)c(NC2=NCCS2)c1. The Morgan fingerprint density at radius 1 is 1.35 bits per heavy atom. The van der Waals surface area contributed by atoms with Crippen molar-refractivity contribution < 1.29 is 13.2 Å². The number of amidine groups is 1. The van der Waals surface area contributed by atoms with E-state index >= 15 is 0 Å². The number of hydrogen-bond donors (Lipinski definition) is 1. The van der Waals surface area contributed by atoms with E-state index in [0.717, 1.165) is 17.9 Å². The summed E-state index contributed by atoms with van der Waals surface area (Å²) in [6, 6.07) is 3.17. The van der Waals surface area contributed by atoms with Crippen molar-refractivity contribution in [3.8, 4) is 0 Å². The maximum Gasteiger partial charge on any atom is 0.416 e. The maximum absolute atomic E-state index is 12.5.